The van der Waals surface area contributed by atoms with E-state index >= 15 is 0 Å². The number of benzene rings is 3. The summed E-state index contributed by atoms with van der Waals surface area (Å²) >= 11 is 0. The molecule has 0 spiro atoms. The van der Waals surface area contributed by atoms with Crippen molar-refractivity contribution < 1.29 is 14.3 Å². The molecule has 1 heterocycles. The number of nitrogens with zero attached hydrogens (tertiary/aromatic N) is 1. The number of carboxylic acid groups (broad SMARTS) is 1. The molecule has 4 rings (SSSR count). The van der Waals surface area contributed by atoms with Crippen LogP contribution >= 0.6 is 0 Å². The van der Waals surface area contributed by atoms with Crippen LogP contribution in [-0.2, 0) is 17.8 Å². The highest BCUT2D eigenvalue weighted by molar-refractivity contribution is 5.83. The molecule has 4 nitrogen and oxygen atoms in total. The van der Waals surface area contributed by atoms with Crippen molar-refractivity contribution in [3.05, 3.63) is 94.0 Å². The maximum Gasteiger partial charge on any atom is 0.308 e. The molecule has 0 atom stereocenters. The first-order chi connectivity index (χ1) is 13.0. The van der Waals surface area contributed by atoms with Gasteiger partial charge in [-0.25, -0.2) is 4.39 Å². The van der Waals surface area contributed by atoms with Crippen molar-refractivity contribution in [2.75, 3.05) is 0 Å². The molecule has 0 fully saturated rings. The third kappa shape index (κ3) is 3.31. The highest BCUT2D eigenvalue weighted by atomic mass is 19.1. The zero-order valence-electron chi connectivity index (χ0n) is 14.4. The maximum absolute atomic E-state index is 13.7. The van der Waals surface area contributed by atoms with E-state index in [0.29, 0.717) is 10.9 Å². The van der Waals surface area contributed by atoms with E-state index in [-0.39, 0.29) is 17.7 Å². The number of rotatable bonds is 4. The van der Waals surface area contributed by atoms with Crippen LogP contribution in [0.3, 0.4) is 0 Å². The molecular weight excluding hydrogens is 345 g/mol. The van der Waals surface area contributed by atoms with Gasteiger partial charge in [0, 0.05) is 10.9 Å². The van der Waals surface area contributed by atoms with Gasteiger partial charge in [0.25, 0.3) is 5.56 Å². The zero-order valence-corrected chi connectivity index (χ0v) is 14.4. The summed E-state index contributed by atoms with van der Waals surface area (Å²) in [7, 11) is 0. The average molecular weight is 361 g/mol. The molecule has 0 saturated heterocycles. The quantitative estimate of drug-likeness (QED) is 0.598. The van der Waals surface area contributed by atoms with Gasteiger partial charge >= 0.3 is 5.97 Å². The predicted molar refractivity (Wildman–Crippen MR) is 103 cm³/mol. The first-order valence-corrected chi connectivity index (χ1v) is 8.53. The fourth-order valence-corrected chi connectivity index (χ4v) is 3.39. The summed E-state index contributed by atoms with van der Waals surface area (Å²) in [6, 6.07) is 19.5. The van der Waals surface area contributed by atoms with Crippen molar-refractivity contribution in [1.29, 1.82) is 0 Å². The van der Waals surface area contributed by atoms with E-state index in [1.54, 1.807) is 6.07 Å². The number of hydrogen-bond donors (Lipinski definition) is 1. The highest BCUT2D eigenvalue weighted by Gasteiger charge is 2.13. The Bertz CT molecular complexity index is 1240. The fourth-order valence-electron chi connectivity index (χ4n) is 3.39. The van der Waals surface area contributed by atoms with Crippen LogP contribution in [0.2, 0.25) is 0 Å². The smallest absolute Gasteiger partial charge is 0.308 e. The van der Waals surface area contributed by atoms with Crippen molar-refractivity contribution in [3.8, 4) is 0 Å². The first-order valence-electron chi connectivity index (χ1n) is 8.53. The Labute approximate surface area is 154 Å². The summed E-state index contributed by atoms with van der Waals surface area (Å²) in [6.45, 7) is 0.277. The molecule has 0 aliphatic rings. The van der Waals surface area contributed by atoms with Gasteiger partial charge in [0.15, 0.2) is 0 Å². The summed E-state index contributed by atoms with van der Waals surface area (Å²) in [6.07, 6.45) is -0.400. The van der Waals surface area contributed by atoms with E-state index in [2.05, 4.69) is 0 Å². The number of carbonyl (C=O) groups is 1. The minimum absolute atomic E-state index is 0.140. The Balaban J connectivity index is 1.88. The molecule has 0 aliphatic carbocycles. The first kappa shape index (κ1) is 17.0. The van der Waals surface area contributed by atoms with Crippen LogP contribution in [0.1, 0.15) is 11.1 Å². The molecule has 0 unspecified atom stereocenters. The van der Waals surface area contributed by atoms with Crippen LogP contribution in [0.25, 0.3) is 21.7 Å². The lowest BCUT2D eigenvalue weighted by Gasteiger charge is -2.13. The number of carboxylic acids is 1. The van der Waals surface area contributed by atoms with Gasteiger partial charge in [-0.15, -0.1) is 0 Å². The van der Waals surface area contributed by atoms with Crippen LogP contribution in [0, 0.1) is 5.82 Å². The van der Waals surface area contributed by atoms with Gasteiger partial charge in [0.05, 0.1) is 18.5 Å². The van der Waals surface area contributed by atoms with Crippen LogP contribution in [-0.4, -0.2) is 15.6 Å². The number of halogens is 1. The lowest BCUT2D eigenvalue weighted by atomic mass is 10.1. The summed E-state index contributed by atoms with van der Waals surface area (Å²) in [5, 5.41) is 11.8. The van der Waals surface area contributed by atoms with Gasteiger partial charge in [0.1, 0.15) is 5.82 Å². The number of aliphatic carboxylic acids is 1. The number of pyridine rings is 1. The highest BCUT2D eigenvalue weighted by Crippen LogP contribution is 2.20. The van der Waals surface area contributed by atoms with Crippen molar-refractivity contribution >= 4 is 27.6 Å². The Kier molecular flexibility index (Phi) is 4.20. The van der Waals surface area contributed by atoms with Crippen molar-refractivity contribution in [2.45, 2.75) is 13.0 Å². The molecule has 5 heteroatoms. The summed E-state index contributed by atoms with van der Waals surface area (Å²) < 4.78 is 15.2. The van der Waals surface area contributed by atoms with Crippen LogP contribution in [0.15, 0.2) is 71.5 Å². The molecule has 0 saturated carbocycles. The molecule has 1 aromatic heterocycles. The number of hydrogen-bond acceptors (Lipinski definition) is 2. The molecule has 0 amide bonds. The van der Waals surface area contributed by atoms with E-state index in [1.807, 2.05) is 42.5 Å². The minimum atomic E-state index is -1.10. The second-order valence-electron chi connectivity index (χ2n) is 6.52. The summed E-state index contributed by atoms with van der Waals surface area (Å²) in [4.78, 5) is 24.0. The third-order valence-electron chi connectivity index (χ3n) is 4.63. The largest absolute Gasteiger partial charge is 0.481 e. The van der Waals surface area contributed by atoms with E-state index in [0.717, 1.165) is 16.3 Å². The Morgan fingerprint density at radius 2 is 1.70 bits per heavy atom. The lowest BCUT2D eigenvalue weighted by Crippen LogP contribution is -2.26. The van der Waals surface area contributed by atoms with Crippen LogP contribution in [0.4, 0.5) is 4.39 Å². The average Bonchev–Trinajstić information content (AvgIpc) is 2.64. The zero-order chi connectivity index (χ0) is 19.0. The van der Waals surface area contributed by atoms with Gasteiger partial charge in [-0.2, -0.15) is 0 Å². The lowest BCUT2D eigenvalue weighted by molar-refractivity contribution is -0.136. The van der Waals surface area contributed by atoms with Crippen LogP contribution in [0.5, 0.6) is 0 Å². The van der Waals surface area contributed by atoms with Crippen molar-refractivity contribution in [1.82, 2.24) is 4.57 Å². The van der Waals surface area contributed by atoms with Gasteiger partial charge in [-0.3, -0.25) is 9.59 Å². The monoisotopic (exact) mass is 361 g/mol. The Morgan fingerprint density at radius 1 is 0.926 bits per heavy atom. The van der Waals surface area contributed by atoms with Crippen molar-refractivity contribution in [3.63, 3.8) is 0 Å². The fraction of sp³-hybridized carbons (Fsp3) is 0.0909. The number of fused-ring (bicyclic) bond motifs is 2. The van der Waals surface area contributed by atoms with E-state index in [9.17, 15) is 14.0 Å². The van der Waals surface area contributed by atoms with E-state index in [4.69, 9.17) is 5.11 Å². The van der Waals surface area contributed by atoms with Gasteiger partial charge in [-0.05, 0) is 46.7 Å². The van der Waals surface area contributed by atoms with Crippen molar-refractivity contribution in [2.24, 2.45) is 0 Å². The SMILES string of the molecule is O=C(O)Cc1cc2cc(F)ccc2n(Cc2ccc3ccccc3c2)c1=O. The standard InChI is InChI=1S/C22H16FNO3/c23-19-7-8-20-17(11-19)10-18(12-21(25)26)22(27)24(20)13-14-5-6-15-3-1-2-4-16(15)9-14/h1-11H,12-13H2,(H,25,26). The van der Waals surface area contributed by atoms with Gasteiger partial charge < -0.3 is 9.67 Å². The predicted octanol–water partition coefficient (Wildman–Crippen LogP) is 3.97. The molecule has 0 radical (unpaired) electrons. The molecular formula is C22H16FNO3. The minimum Gasteiger partial charge on any atom is -0.481 e. The Hall–Kier alpha value is -3.47. The normalized spacial score (nSPS) is 11.1. The molecule has 1 N–H and O–H groups in total. The second kappa shape index (κ2) is 6.68. The summed E-state index contributed by atoms with van der Waals surface area (Å²) in [5.41, 5.74) is 1.25. The molecule has 0 aliphatic heterocycles. The Morgan fingerprint density at radius 3 is 2.48 bits per heavy atom. The van der Waals surface area contributed by atoms with E-state index in [1.165, 1.54) is 22.8 Å². The van der Waals surface area contributed by atoms with Gasteiger partial charge in [0.2, 0.25) is 0 Å². The number of aromatic nitrogens is 1. The van der Waals surface area contributed by atoms with E-state index < -0.39 is 18.2 Å². The maximum atomic E-state index is 13.7. The molecule has 0 bridgehead atoms. The molecule has 134 valence electrons. The van der Waals surface area contributed by atoms with Crippen LogP contribution < -0.4 is 5.56 Å². The molecule has 3 aromatic carbocycles. The van der Waals surface area contributed by atoms with Gasteiger partial charge in [-0.1, -0.05) is 36.4 Å². The topological polar surface area (TPSA) is 59.3 Å². The summed E-state index contributed by atoms with van der Waals surface area (Å²) in [5.74, 6) is -1.53. The molecule has 27 heavy (non-hydrogen) atoms. The second-order valence-corrected chi connectivity index (χ2v) is 6.52. The molecule has 4 aromatic rings. The third-order valence-corrected chi connectivity index (χ3v) is 4.63.